The van der Waals surface area contributed by atoms with Gasteiger partial charge < -0.3 is 14.8 Å². The second-order valence-corrected chi connectivity index (χ2v) is 4.28. The van der Waals surface area contributed by atoms with Crippen molar-refractivity contribution in [1.29, 1.82) is 0 Å². The monoisotopic (exact) mass is 310 g/mol. The second-order valence-electron chi connectivity index (χ2n) is 4.28. The molecule has 1 aromatic rings. The van der Waals surface area contributed by atoms with Crippen molar-refractivity contribution in [2.24, 2.45) is 0 Å². The van der Waals surface area contributed by atoms with E-state index in [1.54, 1.807) is 12.1 Å². The van der Waals surface area contributed by atoms with Crippen LogP contribution in [0.25, 0.3) is 0 Å². The predicted octanol–water partition coefficient (Wildman–Crippen LogP) is 2.66. The molecule has 0 aromatic carbocycles. The summed E-state index contributed by atoms with van der Waals surface area (Å²) in [4.78, 5) is 4.12. The molecule has 0 radical (unpaired) electrons. The Morgan fingerprint density at radius 2 is 2.10 bits per heavy atom. The fourth-order valence-electron chi connectivity index (χ4n) is 1.69. The Hall–Kier alpha value is -1.41. The zero-order valence-corrected chi connectivity index (χ0v) is 11.8. The van der Waals surface area contributed by atoms with Crippen LogP contribution in [0, 0.1) is 0 Å². The summed E-state index contributed by atoms with van der Waals surface area (Å²) in [6.07, 6.45) is -2.23. The number of alkyl halides is 4. The molecular formula is C13H18F4N2O2. The summed E-state index contributed by atoms with van der Waals surface area (Å²) in [7, 11) is 1.45. The first-order valence-electron chi connectivity index (χ1n) is 6.38. The van der Waals surface area contributed by atoms with Crippen LogP contribution in [-0.2, 0) is 4.74 Å². The number of aromatic nitrogens is 1. The van der Waals surface area contributed by atoms with Gasteiger partial charge >= 0.3 is 12.3 Å². The van der Waals surface area contributed by atoms with Crippen molar-refractivity contribution < 1.29 is 27.0 Å². The largest absolute Gasteiger partial charge is 0.495 e. The van der Waals surface area contributed by atoms with Crippen LogP contribution in [0.4, 0.5) is 17.6 Å². The second kappa shape index (κ2) is 8.14. The van der Waals surface area contributed by atoms with Crippen LogP contribution >= 0.6 is 0 Å². The van der Waals surface area contributed by atoms with Crippen LogP contribution in [0.5, 0.6) is 5.75 Å². The Bertz CT molecular complexity index is 432. The van der Waals surface area contributed by atoms with E-state index in [4.69, 9.17) is 9.47 Å². The van der Waals surface area contributed by atoms with Gasteiger partial charge in [0, 0.05) is 6.20 Å². The molecule has 0 aliphatic rings. The van der Waals surface area contributed by atoms with Crippen LogP contribution in [0.15, 0.2) is 18.3 Å². The number of hydrogen-bond donors (Lipinski definition) is 1. The Morgan fingerprint density at radius 3 is 2.67 bits per heavy atom. The minimum Gasteiger partial charge on any atom is -0.495 e. The normalized spacial score (nSPS) is 13.5. The van der Waals surface area contributed by atoms with Crippen molar-refractivity contribution in [2.45, 2.75) is 25.3 Å². The predicted molar refractivity (Wildman–Crippen MR) is 69.0 cm³/mol. The standard InChI is InChI=1S/C13H18F4N2O2/c1-3-18-9(7-21-8-13(16,17)12(14)15)11-10(20-2)5-4-6-19-11/h4-6,9,12,18H,3,7-8H2,1-2H3. The first kappa shape index (κ1) is 17.6. The molecule has 1 N–H and O–H groups in total. The summed E-state index contributed by atoms with van der Waals surface area (Å²) in [5.41, 5.74) is 0.474. The van der Waals surface area contributed by atoms with Gasteiger partial charge in [-0.15, -0.1) is 0 Å². The number of ether oxygens (including phenoxy) is 2. The zero-order chi connectivity index (χ0) is 15.9. The number of halogens is 4. The van der Waals surface area contributed by atoms with Crippen molar-refractivity contribution >= 4 is 0 Å². The lowest BCUT2D eigenvalue weighted by Gasteiger charge is -2.21. The Morgan fingerprint density at radius 1 is 1.38 bits per heavy atom. The molecule has 0 aliphatic carbocycles. The van der Waals surface area contributed by atoms with Gasteiger partial charge in [0.1, 0.15) is 18.1 Å². The molecular weight excluding hydrogens is 292 g/mol. The smallest absolute Gasteiger partial charge is 0.330 e. The van der Waals surface area contributed by atoms with Gasteiger partial charge in [0.05, 0.1) is 19.8 Å². The van der Waals surface area contributed by atoms with E-state index in [0.717, 1.165) is 0 Å². The molecule has 1 atom stereocenters. The minimum absolute atomic E-state index is 0.219. The van der Waals surface area contributed by atoms with Gasteiger partial charge in [-0.05, 0) is 18.7 Å². The van der Waals surface area contributed by atoms with Gasteiger partial charge in [-0.25, -0.2) is 8.78 Å². The van der Waals surface area contributed by atoms with Crippen molar-refractivity contribution in [3.63, 3.8) is 0 Å². The van der Waals surface area contributed by atoms with E-state index in [2.05, 4.69) is 10.3 Å². The van der Waals surface area contributed by atoms with Gasteiger partial charge in [-0.1, -0.05) is 6.92 Å². The van der Waals surface area contributed by atoms with Crippen LogP contribution in [0.2, 0.25) is 0 Å². The molecule has 1 aromatic heterocycles. The lowest BCUT2D eigenvalue weighted by atomic mass is 10.2. The van der Waals surface area contributed by atoms with E-state index in [0.29, 0.717) is 18.0 Å². The van der Waals surface area contributed by atoms with E-state index in [1.807, 2.05) is 6.92 Å². The number of rotatable bonds is 9. The van der Waals surface area contributed by atoms with E-state index in [1.165, 1.54) is 13.3 Å². The SMILES string of the molecule is CCNC(COCC(F)(F)C(F)F)c1ncccc1OC. The summed E-state index contributed by atoms with van der Waals surface area (Å²) in [5.74, 6) is -3.70. The average molecular weight is 310 g/mol. The fraction of sp³-hybridized carbons (Fsp3) is 0.615. The lowest BCUT2D eigenvalue weighted by molar-refractivity contribution is -0.167. The van der Waals surface area contributed by atoms with Crippen LogP contribution in [-0.4, -0.2) is 44.2 Å². The van der Waals surface area contributed by atoms with Gasteiger partial charge in [-0.3, -0.25) is 4.98 Å². The zero-order valence-electron chi connectivity index (χ0n) is 11.8. The third-order valence-electron chi connectivity index (χ3n) is 2.70. The third-order valence-corrected chi connectivity index (χ3v) is 2.70. The highest BCUT2D eigenvalue weighted by Gasteiger charge is 2.41. The quantitative estimate of drug-likeness (QED) is 0.712. The molecule has 4 nitrogen and oxygen atoms in total. The Kier molecular flexibility index (Phi) is 6.83. The highest BCUT2D eigenvalue weighted by Crippen LogP contribution is 2.25. The molecule has 0 saturated carbocycles. The maximum atomic E-state index is 12.8. The average Bonchev–Trinajstić information content (AvgIpc) is 2.46. The fourth-order valence-corrected chi connectivity index (χ4v) is 1.69. The maximum absolute atomic E-state index is 12.8. The molecule has 0 saturated heterocycles. The maximum Gasteiger partial charge on any atom is 0.330 e. The highest BCUT2D eigenvalue weighted by molar-refractivity contribution is 5.29. The summed E-state index contributed by atoms with van der Waals surface area (Å²) in [6, 6.07) is 2.80. The Balaban J connectivity index is 2.70. The molecule has 0 amide bonds. The molecule has 0 bridgehead atoms. The molecule has 21 heavy (non-hydrogen) atoms. The number of hydrogen-bond acceptors (Lipinski definition) is 4. The Labute approximate surface area is 120 Å². The van der Waals surface area contributed by atoms with Crippen molar-refractivity contribution in [2.75, 3.05) is 26.9 Å². The number of nitrogens with one attached hydrogen (secondary N) is 1. The molecule has 1 heterocycles. The van der Waals surface area contributed by atoms with E-state index < -0.39 is 25.0 Å². The summed E-state index contributed by atoms with van der Waals surface area (Å²) >= 11 is 0. The topological polar surface area (TPSA) is 43.4 Å². The van der Waals surface area contributed by atoms with Crippen LogP contribution in [0.3, 0.4) is 0 Å². The van der Waals surface area contributed by atoms with E-state index >= 15 is 0 Å². The van der Waals surface area contributed by atoms with Crippen LogP contribution < -0.4 is 10.1 Å². The number of methoxy groups -OCH3 is 1. The lowest BCUT2D eigenvalue weighted by Crippen LogP contribution is -2.34. The third kappa shape index (κ3) is 5.13. The van der Waals surface area contributed by atoms with E-state index in [9.17, 15) is 17.6 Å². The van der Waals surface area contributed by atoms with Crippen LogP contribution in [0.1, 0.15) is 18.7 Å². The summed E-state index contributed by atoms with van der Waals surface area (Å²) in [6.45, 7) is 0.778. The minimum atomic E-state index is -4.16. The molecule has 120 valence electrons. The number of likely N-dealkylation sites (N-methyl/N-ethyl adjacent to an activating group) is 1. The highest BCUT2D eigenvalue weighted by atomic mass is 19.3. The molecule has 0 fully saturated rings. The summed E-state index contributed by atoms with van der Waals surface area (Å²) in [5, 5.41) is 2.99. The van der Waals surface area contributed by atoms with Gasteiger partial charge in [0.25, 0.3) is 0 Å². The molecule has 1 unspecified atom stereocenters. The first-order chi connectivity index (χ1) is 9.92. The van der Waals surface area contributed by atoms with Crippen molar-refractivity contribution in [3.05, 3.63) is 24.0 Å². The first-order valence-corrected chi connectivity index (χ1v) is 6.38. The van der Waals surface area contributed by atoms with Crippen molar-refractivity contribution in [3.8, 4) is 5.75 Å². The van der Waals surface area contributed by atoms with Gasteiger partial charge in [0.2, 0.25) is 0 Å². The molecule has 0 aliphatic heterocycles. The molecule has 0 spiro atoms. The van der Waals surface area contributed by atoms with Crippen molar-refractivity contribution in [1.82, 2.24) is 10.3 Å². The number of nitrogens with zero attached hydrogens (tertiary/aromatic N) is 1. The van der Waals surface area contributed by atoms with Gasteiger partial charge in [-0.2, -0.15) is 8.78 Å². The van der Waals surface area contributed by atoms with Gasteiger partial charge in [0.15, 0.2) is 0 Å². The molecule has 8 heteroatoms. The molecule has 1 rings (SSSR count). The van der Waals surface area contributed by atoms with E-state index in [-0.39, 0.29) is 6.61 Å². The number of pyridine rings is 1. The summed E-state index contributed by atoms with van der Waals surface area (Å²) < 4.78 is 59.6.